The fraction of sp³-hybridized carbons (Fsp3) is 0.250. The minimum absolute atomic E-state index is 0.0922. The zero-order chi connectivity index (χ0) is 18.5. The van der Waals surface area contributed by atoms with Gasteiger partial charge in [-0.15, -0.1) is 11.3 Å². The van der Waals surface area contributed by atoms with E-state index >= 15 is 0 Å². The molecule has 0 bridgehead atoms. The smallest absolute Gasteiger partial charge is 0.238 e. The van der Waals surface area contributed by atoms with Crippen LogP contribution in [-0.2, 0) is 10.0 Å². The summed E-state index contributed by atoms with van der Waals surface area (Å²) in [7, 11) is -3.66. The van der Waals surface area contributed by atoms with Crippen molar-refractivity contribution in [2.75, 3.05) is 0 Å². The van der Waals surface area contributed by atoms with Gasteiger partial charge in [-0.25, -0.2) is 18.5 Å². The summed E-state index contributed by atoms with van der Waals surface area (Å²) < 4.78 is 22.9. The van der Waals surface area contributed by atoms with E-state index in [9.17, 15) is 8.42 Å². The van der Waals surface area contributed by atoms with Gasteiger partial charge in [0.2, 0.25) is 10.0 Å². The summed E-state index contributed by atoms with van der Waals surface area (Å²) in [6.07, 6.45) is 1.95. The number of sulfonamides is 1. The molecule has 4 nitrogen and oxygen atoms in total. The first-order chi connectivity index (χ1) is 12.3. The molecule has 1 fully saturated rings. The molecule has 1 saturated carbocycles. The van der Waals surface area contributed by atoms with Gasteiger partial charge in [0.15, 0.2) is 0 Å². The van der Waals surface area contributed by atoms with E-state index in [0.29, 0.717) is 11.8 Å². The zero-order valence-electron chi connectivity index (χ0n) is 14.6. The SMILES string of the molecule is CC1(C)[C@@H](c2ccc(S(N)(=O)=O)cc2)[C@@H]1c1ncc(-c2ccccc2)s1. The Morgan fingerprint density at radius 1 is 1.00 bits per heavy atom. The van der Waals surface area contributed by atoms with Crippen molar-refractivity contribution in [3.63, 3.8) is 0 Å². The molecule has 0 aliphatic heterocycles. The van der Waals surface area contributed by atoms with Crippen molar-refractivity contribution in [2.45, 2.75) is 30.6 Å². The number of rotatable bonds is 4. The first kappa shape index (κ1) is 17.4. The molecule has 1 aliphatic rings. The van der Waals surface area contributed by atoms with Crippen LogP contribution in [0, 0.1) is 5.41 Å². The highest BCUT2D eigenvalue weighted by Crippen LogP contribution is 2.70. The second-order valence-electron chi connectivity index (χ2n) is 7.32. The number of nitrogens with two attached hydrogens (primary N) is 1. The van der Waals surface area contributed by atoms with Gasteiger partial charge >= 0.3 is 0 Å². The summed E-state index contributed by atoms with van der Waals surface area (Å²) >= 11 is 1.74. The summed E-state index contributed by atoms with van der Waals surface area (Å²) in [5.74, 6) is 0.664. The highest BCUT2D eigenvalue weighted by Gasteiger charge is 2.60. The molecule has 3 aromatic rings. The van der Waals surface area contributed by atoms with Crippen molar-refractivity contribution in [2.24, 2.45) is 10.6 Å². The van der Waals surface area contributed by atoms with Crippen LogP contribution >= 0.6 is 11.3 Å². The number of primary sulfonamides is 1. The Labute approximate surface area is 157 Å². The van der Waals surface area contributed by atoms with Crippen LogP contribution < -0.4 is 5.14 Å². The number of thiazole rings is 1. The van der Waals surface area contributed by atoms with E-state index in [1.165, 1.54) is 10.4 Å². The van der Waals surface area contributed by atoms with Crippen molar-refractivity contribution in [3.8, 4) is 10.4 Å². The summed E-state index contributed by atoms with van der Waals surface area (Å²) in [6, 6.07) is 17.2. The molecule has 134 valence electrons. The Morgan fingerprint density at radius 2 is 1.65 bits per heavy atom. The van der Waals surface area contributed by atoms with E-state index in [1.807, 2.05) is 36.5 Å². The average Bonchev–Trinajstić information content (AvgIpc) is 2.95. The predicted molar refractivity (Wildman–Crippen MR) is 105 cm³/mol. The van der Waals surface area contributed by atoms with Crippen molar-refractivity contribution in [1.29, 1.82) is 0 Å². The number of benzene rings is 2. The van der Waals surface area contributed by atoms with Gasteiger partial charge in [-0.2, -0.15) is 0 Å². The summed E-state index contributed by atoms with van der Waals surface area (Å²) in [6.45, 7) is 4.47. The van der Waals surface area contributed by atoms with Crippen molar-refractivity contribution in [1.82, 2.24) is 4.98 Å². The largest absolute Gasteiger partial charge is 0.249 e. The maximum absolute atomic E-state index is 11.4. The first-order valence-corrected chi connectivity index (χ1v) is 10.8. The summed E-state index contributed by atoms with van der Waals surface area (Å²) in [5.41, 5.74) is 2.40. The highest BCUT2D eigenvalue weighted by molar-refractivity contribution is 7.89. The third-order valence-corrected chi connectivity index (χ3v) is 7.30. The third-order valence-electron chi connectivity index (χ3n) is 5.24. The van der Waals surface area contributed by atoms with Gasteiger partial charge in [0, 0.05) is 12.1 Å². The molecule has 26 heavy (non-hydrogen) atoms. The lowest BCUT2D eigenvalue weighted by molar-refractivity contribution is 0.597. The molecular weight excluding hydrogens is 364 g/mol. The lowest BCUT2D eigenvalue weighted by Crippen LogP contribution is -2.11. The van der Waals surface area contributed by atoms with E-state index in [-0.39, 0.29) is 10.3 Å². The van der Waals surface area contributed by atoms with E-state index in [0.717, 1.165) is 10.6 Å². The minimum Gasteiger partial charge on any atom is -0.249 e. The van der Waals surface area contributed by atoms with Crippen LogP contribution in [0.5, 0.6) is 0 Å². The quantitative estimate of drug-likeness (QED) is 0.726. The molecule has 1 aromatic heterocycles. The van der Waals surface area contributed by atoms with Gasteiger partial charge in [-0.05, 0) is 34.6 Å². The molecule has 0 radical (unpaired) electrons. The molecule has 0 unspecified atom stereocenters. The van der Waals surface area contributed by atoms with Crippen LogP contribution in [0.2, 0.25) is 0 Å². The molecular formula is C20H20N2O2S2. The molecule has 4 rings (SSSR count). The second kappa shape index (κ2) is 6.01. The Hall–Kier alpha value is -2.02. The highest BCUT2D eigenvalue weighted by atomic mass is 32.2. The van der Waals surface area contributed by atoms with Gasteiger partial charge in [0.1, 0.15) is 0 Å². The van der Waals surface area contributed by atoms with Crippen LogP contribution in [0.4, 0.5) is 0 Å². The maximum atomic E-state index is 11.4. The fourth-order valence-corrected chi connectivity index (χ4v) is 5.53. The first-order valence-electron chi connectivity index (χ1n) is 8.42. The van der Waals surface area contributed by atoms with E-state index in [4.69, 9.17) is 5.14 Å². The predicted octanol–water partition coefficient (Wildman–Crippen LogP) is 4.36. The van der Waals surface area contributed by atoms with Gasteiger partial charge in [-0.3, -0.25) is 0 Å². The Kier molecular flexibility index (Phi) is 4.02. The Bertz CT molecular complexity index is 1040. The molecule has 2 N–H and O–H groups in total. The summed E-state index contributed by atoms with van der Waals surface area (Å²) in [4.78, 5) is 6.01. The summed E-state index contributed by atoms with van der Waals surface area (Å²) in [5, 5.41) is 6.33. The number of hydrogen-bond donors (Lipinski definition) is 1. The van der Waals surface area contributed by atoms with Gasteiger partial charge in [-0.1, -0.05) is 56.3 Å². The molecule has 0 amide bonds. The molecule has 0 spiro atoms. The van der Waals surface area contributed by atoms with Gasteiger partial charge in [0.05, 0.1) is 14.8 Å². The van der Waals surface area contributed by atoms with Crippen molar-refractivity contribution >= 4 is 21.4 Å². The Balaban J connectivity index is 1.62. The van der Waals surface area contributed by atoms with Gasteiger partial charge in [0.25, 0.3) is 0 Å². The Morgan fingerprint density at radius 3 is 2.27 bits per heavy atom. The minimum atomic E-state index is -3.66. The second-order valence-corrected chi connectivity index (χ2v) is 9.94. The maximum Gasteiger partial charge on any atom is 0.238 e. The lowest BCUT2D eigenvalue weighted by Gasteiger charge is -2.04. The van der Waals surface area contributed by atoms with Crippen LogP contribution in [0.3, 0.4) is 0 Å². The molecule has 1 aliphatic carbocycles. The number of hydrogen-bond acceptors (Lipinski definition) is 4. The number of aromatic nitrogens is 1. The van der Waals surface area contributed by atoms with E-state index in [2.05, 4.69) is 31.0 Å². The molecule has 0 saturated heterocycles. The molecule has 2 atom stereocenters. The normalized spacial score (nSPS) is 21.5. The van der Waals surface area contributed by atoms with Crippen LogP contribution in [0.25, 0.3) is 10.4 Å². The molecule has 2 aromatic carbocycles. The van der Waals surface area contributed by atoms with Crippen molar-refractivity contribution in [3.05, 3.63) is 71.4 Å². The van der Waals surface area contributed by atoms with Crippen LogP contribution in [0.1, 0.15) is 36.3 Å². The monoisotopic (exact) mass is 384 g/mol. The average molecular weight is 385 g/mol. The number of nitrogens with zero attached hydrogens (tertiary/aromatic N) is 1. The van der Waals surface area contributed by atoms with E-state index < -0.39 is 10.0 Å². The van der Waals surface area contributed by atoms with Crippen molar-refractivity contribution < 1.29 is 8.42 Å². The standard InChI is InChI=1S/C20H20N2O2S2/c1-20(2)17(14-8-10-15(11-9-14)26(21,23)24)18(20)19-22-12-16(25-19)13-6-4-3-5-7-13/h3-12,17-18H,1-2H3,(H2,21,23,24)/t17-,18+/m0/s1. The molecule has 1 heterocycles. The fourth-order valence-electron chi connectivity index (χ4n) is 3.75. The van der Waals surface area contributed by atoms with Crippen LogP contribution in [0.15, 0.2) is 65.7 Å². The van der Waals surface area contributed by atoms with Crippen LogP contribution in [-0.4, -0.2) is 13.4 Å². The topological polar surface area (TPSA) is 73.1 Å². The zero-order valence-corrected chi connectivity index (χ0v) is 16.2. The van der Waals surface area contributed by atoms with E-state index in [1.54, 1.807) is 23.5 Å². The molecule has 6 heteroatoms. The lowest BCUT2D eigenvalue weighted by atomic mass is 10.0. The van der Waals surface area contributed by atoms with Gasteiger partial charge < -0.3 is 0 Å². The third kappa shape index (κ3) is 2.98.